The fraction of sp³-hybridized carbons (Fsp3) is 0.238. The zero-order chi connectivity index (χ0) is 19.8. The molecule has 0 saturated heterocycles. The van der Waals surface area contributed by atoms with E-state index in [-0.39, 0.29) is 11.3 Å². The highest BCUT2D eigenvalue weighted by Gasteiger charge is 2.17. The van der Waals surface area contributed by atoms with Crippen molar-refractivity contribution >= 4 is 56.2 Å². The van der Waals surface area contributed by atoms with Gasteiger partial charge in [-0.3, -0.25) is 4.79 Å². The molecule has 0 aliphatic heterocycles. The van der Waals surface area contributed by atoms with Gasteiger partial charge in [-0.1, -0.05) is 74.3 Å². The van der Waals surface area contributed by atoms with Crippen molar-refractivity contribution in [1.29, 1.82) is 0 Å². The maximum atomic E-state index is 12.5. The largest absolute Gasteiger partial charge is 0.283 e. The van der Waals surface area contributed by atoms with Gasteiger partial charge in [0.15, 0.2) is 0 Å². The topological polar surface area (TPSA) is 41.5 Å². The normalized spacial score (nSPS) is 12.4. The van der Waals surface area contributed by atoms with Crippen LogP contribution in [-0.4, -0.2) is 11.6 Å². The number of hydrazone groups is 1. The average Bonchev–Trinajstić information content (AvgIpc) is 2.94. The Hall–Kier alpha value is -1.88. The van der Waals surface area contributed by atoms with E-state index in [1.54, 1.807) is 12.1 Å². The summed E-state index contributed by atoms with van der Waals surface area (Å²) < 4.78 is 0.871. The van der Waals surface area contributed by atoms with Gasteiger partial charge in [0.05, 0.1) is 10.7 Å². The Bertz CT molecular complexity index is 1030. The summed E-state index contributed by atoms with van der Waals surface area (Å²) in [5.41, 5.74) is 5.63. The van der Waals surface area contributed by atoms with Crippen LogP contribution in [0.1, 0.15) is 48.5 Å². The maximum absolute atomic E-state index is 12.5. The molecule has 0 radical (unpaired) electrons. The Balaban J connectivity index is 1.79. The molecule has 27 heavy (non-hydrogen) atoms. The summed E-state index contributed by atoms with van der Waals surface area (Å²) in [5, 5.41) is 6.08. The van der Waals surface area contributed by atoms with Crippen LogP contribution >= 0.6 is 34.5 Å². The predicted molar refractivity (Wildman–Crippen MR) is 117 cm³/mol. The predicted octanol–water partition coefficient (Wildman–Crippen LogP) is 6.66. The Kier molecular flexibility index (Phi) is 5.61. The highest BCUT2D eigenvalue weighted by molar-refractivity contribution is 7.21. The van der Waals surface area contributed by atoms with Gasteiger partial charge in [0, 0.05) is 15.1 Å². The van der Waals surface area contributed by atoms with E-state index in [0.717, 1.165) is 21.4 Å². The van der Waals surface area contributed by atoms with E-state index in [1.807, 2.05) is 25.1 Å². The third-order valence-corrected chi connectivity index (χ3v) is 6.18. The van der Waals surface area contributed by atoms with E-state index in [0.29, 0.717) is 14.9 Å². The summed E-state index contributed by atoms with van der Waals surface area (Å²) in [6.45, 7) is 8.37. The fourth-order valence-electron chi connectivity index (χ4n) is 2.65. The summed E-state index contributed by atoms with van der Waals surface area (Å²) >= 11 is 13.7. The molecule has 0 aliphatic carbocycles. The summed E-state index contributed by atoms with van der Waals surface area (Å²) in [7, 11) is 0. The number of nitrogens with zero attached hydrogens (tertiary/aromatic N) is 1. The Morgan fingerprint density at radius 1 is 1.07 bits per heavy atom. The van der Waals surface area contributed by atoms with Crippen molar-refractivity contribution in [2.24, 2.45) is 5.10 Å². The van der Waals surface area contributed by atoms with Crippen LogP contribution in [0.15, 0.2) is 47.6 Å². The molecule has 1 heterocycles. The molecule has 3 rings (SSSR count). The molecule has 0 aliphatic rings. The van der Waals surface area contributed by atoms with Crippen LogP contribution in [0.4, 0.5) is 0 Å². The summed E-state index contributed by atoms with van der Waals surface area (Å²) in [6.07, 6.45) is 0. The number of nitrogens with one attached hydrogen (secondary N) is 1. The van der Waals surface area contributed by atoms with E-state index >= 15 is 0 Å². The van der Waals surface area contributed by atoms with Crippen LogP contribution in [0.5, 0.6) is 0 Å². The number of halogens is 2. The molecule has 0 fully saturated rings. The van der Waals surface area contributed by atoms with E-state index in [1.165, 1.54) is 16.9 Å². The lowest BCUT2D eigenvalue weighted by atomic mass is 9.86. The van der Waals surface area contributed by atoms with Crippen molar-refractivity contribution in [1.82, 2.24) is 5.43 Å². The number of hydrogen-bond acceptors (Lipinski definition) is 3. The van der Waals surface area contributed by atoms with Gasteiger partial charge in [0.1, 0.15) is 4.88 Å². The van der Waals surface area contributed by atoms with Crippen LogP contribution in [0, 0.1) is 0 Å². The Morgan fingerprint density at radius 3 is 2.37 bits per heavy atom. The lowest BCUT2D eigenvalue weighted by molar-refractivity contribution is 0.0959. The Morgan fingerprint density at radius 2 is 1.74 bits per heavy atom. The number of fused-ring (bicyclic) bond motifs is 1. The monoisotopic (exact) mass is 418 g/mol. The second-order valence-corrected chi connectivity index (χ2v) is 9.22. The van der Waals surface area contributed by atoms with Crippen LogP contribution in [-0.2, 0) is 5.41 Å². The number of carbonyl (C=O) groups excluding carboxylic acids is 1. The van der Waals surface area contributed by atoms with Gasteiger partial charge in [0.2, 0.25) is 0 Å². The van der Waals surface area contributed by atoms with Crippen molar-refractivity contribution in [3.63, 3.8) is 0 Å². The lowest BCUT2D eigenvalue weighted by Gasteiger charge is -2.19. The van der Waals surface area contributed by atoms with Gasteiger partial charge in [0.25, 0.3) is 5.91 Å². The zero-order valence-electron chi connectivity index (χ0n) is 15.6. The first-order valence-electron chi connectivity index (χ1n) is 8.50. The van der Waals surface area contributed by atoms with E-state index in [2.05, 4.69) is 43.4 Å². The molecule has 0 atom stereocenters. The molecule has 6 heteroatoms. The van der Waals surface area contributed by atoms with Gasteiger partial charge >= 0.3 is 0 Å². The summed E-state index contributed by atoms with van der Waals surface area (Å²) in [5.74, 6) is -0.331. The first kappa shape index (κ1) is 19.9. The molecule has 1 N–H and O–H groups in total. The number of amides is 1. The first-order valence-corrected chi connectivity index (χ1v) is 10.1. The number of hydrogen-bond donors (Lipinski definition) is 1. The molecule has 0 spiro atoms. The second-order valence-electron chi connectivity index (χ2n) is 7.35. The molecule has 3 nitrogen and oxygen atoms in total. The van der Waals surface area contributed by atoms with Gasteiger partial charge < -0.3 is 0 Å². The molecule has 2 aromatic carbocycles. The average molecular weight is 419 g/mol. The number of rotatable bonds is 3. The molecule has 140 valence electrons. The molecule has 0 unspecified atom stereocenters. The van der Waals surface area contributed by atoms with Crippen molar-refractivity contribution in [3.8, 4) is 0 Å². The lowest BCUT2D eigenvalue weighted by Crippen LogP contribution is -2.18. The summed E-state index contributed by atoms with van der Waals surface area (Å²) in [6, 6.07) is 13.6. The highest BCUT2D eigenvalue weighted by atomic mass is 35.5. The minimum Gasteiger partial charge on any atom is -0.266 e. The smallest absolute Gasteiger partial charge is 0.266 e. The number of carbonyl (C=O) groups is 1. The van der Waals surface area contributed by atoms with Gasteiger partial charge in [-0.15, -0.1) is 11.3 Å². The maximum Gasteiger partial charge on any atom is 0.283 e. The summed E-state index contributed by atoms with van der Waals surface area (Å²) in [4.78, 5) is 12.9. The van der Waals surface area contributed by atoms with Crippen molar-refractivity contribution < 1.29 is 4.79 Å². The molecule has 0 saturated carbocycles. The first-order chi connectivity index (χ1) is 12.7. The van der Waals surface area contributed by atoms with E-state index < -0.39 is 0 Å². The zero-order valence-corrected chi connectivity index (χ0v) is 17.9. The Labute approximate surface area is 173 Å². The van der Waals surface area contributed by atoms with Crippen LogP contribution in [0.3, 0.4) is 0 Å². The molecule has 1 aromatic heterocycles. The highest BCUT2D eigenvalue weighted by Crippen LogP contribution is 2.36. The van der Waals surface area contributed by atoms with Gasteiger partial charge in [-0.05, 0) is 35.6 Å². The standard InChI is InChI=1S/C21H20Cl2N2OS/c1-12(13-5-7-14(8-6-13)21(2,3)4)24-25-20(26)19-18(23)16-10-9-15(22)11-17(16)27-19/h5-11H,1-4H3,(H,25,26). The molecular formula is C21H20Cl2N2OS. The van der Waals surface area contributed by atoms with Crippen LogP contribution in [0.2, 0.25) is 10.0 Å². The van der Waals surface area contributed by atoms with Crippen molar-refractivity contribution in [2.75, 3.05) is 0 Å². The third-order valence-electron chi connectivity index (χ3n) is 4.29. The minimum atomic E-state index is -0.331. The molecule has 3 aromatic rings. The fourth-order valence-corrected chi connectivity index (χ4v) is 4.33. The van der Waals surface area contributed by atoms with Crippen LogP contribution < -0.4 is 5.43 Å². The van der Waals surface area contributed by atoms with E-state index in [4.69, 9.17) is 23.2 Å². The third kappa shape index (κ3) is 4.34. The molecular weight excluding hydrogens is 399 g/mol. The van der Waals surface area contributed by atoms with Crippen molar-refractivity contribution in [2.45, 2.75) is 33.1 Å². The molecule has 0 bridgehead atoms. The van der Waals surface area contributed by atoms with Gasteiger partial charge in [-0.25, -0.2) is 5.43 Å². The van der Waals surface area contributed by atoms with Gasteiger partial charge in [-0.2, -0.15) is 5.10 Å². The second kappa shape index (κ2) is 7.63. The quantitative estimate of drug-likeness (QED) is 0.374. The minimum absolute atomic E-state index is 0.0958. The van der Waals surface area contributed by atoms with Crippen LogP contribution in [0.25, 0.3) is 10.1 Å². The van der Waals surface area contributed by atoms with E-state index in [9.17, 15) is 4.79 Å². The number of benzene rings is 2. The number of thiophene rings is 1. The van der Waals surface area contributed by atoms with Crippen molar-refractivity contribution in [3.05, 3.63) is 68.5 Å². The molecule has 1 amide bonds. The SMILES string of the molecule is CC(=NNC(=O)c1sc2cc(Cl)ccc2c1Cl)c1ccc(C(C)(C)C)cc1.